The lowest BCUT2D eigenvalue weighted by Gasteiger charge is -1.86. The highest BCUT2D eigenvalue weighted by molar-refractivity contribution is 5.32. The van der Waals surface area contributed by atoms with Crippen LogP contribution in [0.15, 0.2) is 24.8 Å². The summed E-state index contributed by atoms with van der Waals surface area (Å²) in [5.41, 5.74) is 0. The molecule has 62 valence electrons. The van der Waals surface area contributed by atoms with Gasteiger partial charge in [-0.3, -0.25) is 0 Å². The molecule has 0 aromatic heterocycles. The van der Waals surface area contributed by atoms with Crippen molar-refractivity contribution < 1.29 is 10.2 Å². The summed E-state index contributed by atoms with van der Waals surface area (Å²) in [6.45, 7) is 3.31. The average Bonchev–Trinajstić information content (AvgIpc) is 2.10. The van der Waals surface area contributed by atoms with Crippen molar-refractivity contribution in [3.63, 3.8) is 0 Å². The molecule has 0 aromatic carbocycles. The lowest BCUT2D eigenvalue weighted by Crippen LogP contribution is -1.94. The van der Waals surface area contributed by atoms with Gasteiger partial charge < -0.3 is 10.2 Å². The molecular formula is C10H10O2. The van der Waals surface area contributed by atoms with Gasteiger partial charge >= 0.3 is 0 Å². The van der Waals surface area contributed by atoms with Gasteiger partial charge in [0.2, 0.25) is 0 Å². The van der Waals surface area contributed by atoms with Crippen molar-refractivity contribution in [1.82, 2.24) is 0 Å². The predicted molar refractivity (Wildman–Crippen MR) is 48.0 cm³/mol. The second-order valence-electron chi connectivity index (χ2n) is 1.80. The Morgan fingerprint density at radius 1 is 1.42 bits per heavy atom. The molecule has 2 nitrogen and oxygen atoms in total. The van der Waals surface area contributed by atoms with E-state index in [1.807, 2.05) is 0 Å². The van der Waals surface area contributed by atoms with E-state index in [4.69, 9.17) is 10.2 Å². The van der Waals surface area contributed by atoms with Gasteiger partial charge in [-0.15, -0.1) is 0 Å². The van der Waals surface area contributed by atoms with Gasteiger partial charge in [0.1, 0.15) is 6.10 Å². The minimum absolute atomic E-state index is 0.0304. The molecule has 1 unspecified atom stereocenters. The zero-order valence-corrected chi connectivity index (χ0v) is 6.62. The number of allylic oxidation sites excluding steroid dienone is 1. The Morgan fingerprint density at radius 3 is 2.75 bits per heavy atom. The first-order valence-corrected chi connectivity index (χ1v) is 3.38. The zero-order valence-electron chi connectivity index (χ0n) is 6.62. The first-order chi connectivity index (χ1) is 5.81. The summed E-state index contributed by atoms with van der Waals surface area (Å²) in [4.78, 5) is 0. The van der Waals surface area contributed by atoms with Crippen molar-refractivity contribution >= 4 is 0 Å². The van der Waals surface area contributed by atoms with Gasteiger partial charge in [0.15, 0.2) is 0 Å². The van der Waals surface area contributed by atoms with E-state index in [1.54, 1.807) is 0 Å². The van der Waals surface area contributed by atoms with Gasteiger partial charge in [0.25, 0.3) is 0 Å². The minimum atomic E-state index is -0.818. The molecule has 0 fully saturated rings. The van der Waals surface area contributed by atoms with Crippen LogP contribution in [0.1, 0.15) is 0 Å². The zero-order chi connectivity index (χ0) is 9.23. The van der Waals surface area contributed by atoms with Crippen molar-refractivity contribution in [3.05, 3.63) is 24.8 Å². The van der Waals surface area contributed by atoms with E-state index in [0.717, 1.165) is 0 Å². The second-order valence-corrected chi connectivity index (χ2v) is 1.80. The van der Waals surface area contributed by atoms with Crippen molar-refractivity contribution in [2.75, 3.05) is 6.61 Å². The third-order valence-electron chi connectivity index (χ3n) is 0.885. The molecule has 0 aliphatic heterocycles. The number of aliphatic hydroxyl groups is 2. The first kappa shape index (κ1) is 10.5. The first-order valence-electron chi connectivity index (χ1n) is 3.38. The van der Waals surface area contributed by atoms with Gasteiger partial charge in [-0.05, 0) is 17.9 Å². The molecular weight excluding hydrogens is 152 g/mol. The average molecular weight is 162 g/mol. The maximum absolute atomic E-state index is 8.84. The lowest BCUT2D eigenvalue weighted by atomic mass is 10.3. The topological polar surface area (TPSA) is 40.5 Å². The number of hydrogen-bond acceptors (Lipinski definition) is 2. The fraction of sp³-hybridized carbons (Fsp3) is 0.200. The minimum Gasteiger partial charge on any atom is -0.392 e. The normalized spacial score (nSPS) is 10.8. The van der Waals surface area contributed by atoms with Crippen LogP contribution in [-0.2, 0) is 0 Å². The summed E-state index contributed by atoms with van der Waals surface area (Å²) in [5.74, 6) is 9.88. The van der Waals surface area contributed by atoms with E-state index < -0.39 is 6.10 Å². The Kier molecular flexibility index (Phi) is 6.68. The quantitative estimate of drug-likeness (QED) is 0.446. The maximum atomic E-state index is 8.84. The number of aliphatic hydroxyl groups excluding tert-OH is 2. The predicted octanol–water partition coefficient (Wildman–Crippen LogP) is 0.0886. The highest BCUT2D eigenvalue weighted by Crippen LogP contribution is 1.76. The van der Waals surface area contributed by atoms with E-state index in [2.05, 4.69) is 30.3 Å². The third kappa shape index (κ3) is 6.64. The summed E-state index contributed by atoms with van der Waals surface area (Å²) >= 11 is 0. The van der Waals surface area contributed by atoms with Gasteiger partial charge in [0, 0.05) is 0 Å². The molecule has 0 amide bonds. The molecule has 0 saturated heterocycles. The van der Waals surface area contributed by atoms with Gasteiger partial charge in [-0.25, -0.2) is 0 Å². The van der Waals surface area contributed by atoms with Crippen LogP contribution in [0, 0.1) is 23.7 Å². The fourth-order valence-corrected chi connectivity index (χ4v) is 0.358. The molecule has 0 aliphatic rings. The van der Waals surface area contributed by atoms with Gasteiger partial charge in [-0.1, -0.05) is 30.6 Å². The molecule has 1 atom stereocenters. The highest BCUT2D eigenvalue weighted by Gasteiger charge is 1.83. The number of hydrogen-bond donors (Lipinski definition) is 2. The van der Waals surface area contributed by atoms with Crippen molar-refractivity contribution in [2.45, 2.75) is 6.10 Å². The van der Waals surface area contributed by atoms with Crippen molar-refractivity contribution in [2.24, 2.45) is 0 Å². The largest absolute Gasteiger partial charge is 0.392 e. The molecule has 0 rings (SSSR count). The fourth-order valence-electron chi connectivity index (χ4n) is 0.358. The molecule has 2 heteroatoms. The van der Waals surface area contributed by atoms with E-state index >= 15 is 0 Å². The summed E-state index contributed by atoms with van der Waals surface area (Å²) in [5, 5.41) is 17.1. The van der Waals surface area contributed by atoms with E-state index in [9.17, 15) is 0 Å². The molecule has 0 aromatic rings. The van der Waals surface area contributed by atoms with Crippen LogP contribution < -0.4 is 0 Å². The van der Waals surface area contributed by atoms with Crippen LogP contribution in [0.3, 0.4) is 0 Å². The summed E-state index contributed by atoms with van der Waals surface area (Å²) in [6.07, 6.45) is 3.49. The van der Waals surface area contributed by atoms with Crippen LogP contribution in [0.2, 0.25) is 0 Å². The molecule has 0 radical (unpaired) electrons. The molecule has 0 bridgehead atoms. The molecule has 2 N–H and O–H groups in total. The Labute approximate surface area is 72.2 Å². The van der Waals surface area contributed by atoms with Gasteiger partial charge in [-0.2, -0.15) is 0 Å². The SMILES string of the molecule is C=CC(O)C#CC#C/C=C/CO. The molecule has 12 heavy (non-hydrogen) atoms. The highest BCUT2D eigenvalue weighted by atomic mass is 16.3. The third-order valence-corrected chi connectivity index (χ3v) is 0.885. The molecule has 0 spiro atoms. The van der Waals surface area contributed by atoms with Crippen LogP contribution >= 0.6 is 0 Å². The molecule has 0 aliphatic carbocycles. The molecule has 0 heterocycles. The van der Waals surface area contributed by atoms with E-state index in [-0.39, 0.29) is 6.61 Å². The Morgan fingerprint density at radius 2 is 2.17 bits per heavy atom. The Hall–Kier alpha value is -1.48. The maximum Gasteiger partial charge on any atom is 0.134 e. The van der Waals surface area contributed by atoms with Crippen LogP contribution in [0.4, 0.5) is 0 Å². The summed E-state index contributed by atoms with van der Waals surface area (Å²) < 4.78 is 0. The van der Waals surface area contributed by atoms with Crippen molar-refractivity contribution in [1.29, 1.82) is 0 Å². The second kappa shape index (κ2) is 7.63. The van der Waals surface area contributed by atoms with Crippen LogP contribution in [-0.4, -0.2) is 22.9 Å². The summed E-state index contributed by atoms with van der Waals surface area (Å²) in [7, 11) is 0. The smallest absolute Gasteiger partial charge is 0.134 e. The lowest BCUT2D eigenvalue weighted by molar-refractivity contribution is 0.281. The Bertz CT molecular complexity index is 268. The van der Waals surface area contributed by atoms with Crippen LogP contribution in [0.5, 0.6) is 0 Å². The molecule has 0 saturated carbocycles. The Balaban J connectivity index is 3.88. The standard InChI is InChI=1S/C10H10O2/c1-2-10(12)8-6-4-3-5-7-9-11/h2,5,7,10-12H,1,9H2/b7-5+. The van der Waals surface area contributed by atoms with Crippen molar-refractivity contribution in [3.8, 4) is 23.7 Å². The van der Waals surface area contributed by atoms with Crippen LogP contribution in [0.25, 0.3) is 0 Å². The summed E-state index contributed by atoms with van der Waals surface area (Å²) in [6, 6.07) is 0. The van der Waals surface area contributed by atoms with E-state index in [0.29, 0.717) is 0 Å². The number of rotatable bonds is 2. The van der Waals surface area contributed by atoms with Gasteiger partial charge in [0.05, 0.1) is 6.61 Å². The monoisotopic (exact) mass is 162 g/mol. The van der Waals surface area contributed by atoms with E-state index in [1.165, 1.54) is 18.2 Å².